The van der Waals surface area contributed by atoms with Crippen LogP contribution in [0.15, 0.2) is 42.5 Å². The maximum absolute atomic E-state index is 13.6. The molecule has 8 nitrogen and oxygen atoms in total. The Hall–Kier alpha value is -2.78. The van der Waals surface area contributed by atoms with Gasteiger partial charge in [-0.15, -0.1) is 0 Å². The van der Waals surface area contributed by atoms with Crippen LogP contribution in [0.4, 0.5) is 5.69 Å². The Morgan fingerprint density at radius 2 is 1.79 bits per heavy atom. The lowest BCUT2D eigenvalue weighted by atomic mass is 10.1. The van der Waals surface area contributed by atoms with E-state index in [-0.39, 0.29) is 43.8 Å². The van der Waals surface area contributed by atoms with Gasteiger partial charge in [-0.2, -0.15) is 0 Å². The molecule has 2 aromatic rings. The minimum atomic E-state index is -3.60. The largest absolute Gasteiger partial charge is 0.497 e. The molecule has 10 heteroatoms. The van der Waals surface area contributed by atoms with Gasteiger partial charge >= 0.3 is 0 Å². The second-order valence-electron chi connectivity index (χ2n) is 10.2. The Labute approximate surface area is 237 Å². The number of benzene rings is 2. The minimum Gasteiger partial charge on any atom is -0.497 e. The number of carbonyl (C=O) groups excluding carboxylic acids is 2. The number of rotatable bonds is 13. The lowest BCUT2D eigenvalue weighted by Gasteiger charge is -2.32. The van der Waals surface area contributed by atoms with Crippen LogP contribution in [0.1, 0.15) is 63.0 Å². The molecule has 0 aromatic heterocycles. The lowest BCUT2D eigenvalue weighted by molar-refractivity contribution is -0.141. The summed E-state index contributed by atoms with van der Waals surface area (Å²) >= 11 is 6.15. The van der Waals surface area contributed by atoms with Gasteiger partial charge in [-0.3, -0.25) is 13.9 Å². The maximum Gasteiger partial charge on any atom is 0.243 e. The van der Waals surface area contributed by atoms with E-state index < -0.39 is 16.1 Å². The predicted molar refractivity (Wildman–Crippen MR) is 156 cm³/mol. The van der Waals surface area contributed by atoms with E-state index in [0.29, 0.717) is 22.9 Å². The second-order valence-corrected chi connectivity index (χ2v) is 12.5. The van der Waals surface area contributed by atoms with E-state index in [1.54, 1.807) is 30.2 Å². The number of sulfonamides is 1. The maximum atomic E-state index is 13.6. The topological polar surface area (TPSA) is 96.0 Å². The zero-order valence-electron chi connectivity index (χ0n) is 23.3. The summed E-state index contributed by atoms with van der Waals surface area (Å²) in [5.41, 5.74) is 2.14. The van der Waals surface area contributed by atoms with Crippen LogP contribution in [0.5, 0.6) is 5.75 Å². The van der Waals surface area contributed by atoms with E-state index >= 15 is 0 Å². The van der Waals surface area contributed by atoms with Crippen molar-refractivity contribution in [1.82, 2.24) is 10.2 Å². The number of amides is 2. The number of aryl methyl sites for hydroxylation is 1. The average Bonchev–Trinajstić information content (AvgIpc) is 3.40. The first-order chi connectivity index (χ1) is 18.5. The molecule has 2 aromatic carbocycles. The van der Waals surface area contributed by atoms with Crippen molar-refractivity contribution in [3.05, 3.63) is 58.6 Å². The molecular formula is C29H40ClN3O5S. The van der Waals surface area contributed by atoms with Crippen LogP contribution in [-0.2, 0) is 26.2 Å². The molecule has 1 saturated carbocycles. The minimum absolute atomic E-state index is 0.0923. The van der Waals surface area contributed by atoms with Crippen molar-refractivity contribution in [2.45, 2.75) is 77.4 Å². The van der Waals surface area contributed by atoms with Crippen LogP contribution in [0.25, 0.3) is 0 Å². The van der Waals surface area contributed by atoms with Gasteiger partial charge in [0.05, 0.1) is 19.1 Å². The second kappa shape index (κ2) is 14.0. The summed E-state index contributed by atoms with van der Waals surface area (Å²) in [5, 5.41) is 3.58. The monoisotopic (exact) mass is 577 g/mol. The van der Waals surface area contributed by atoms with Crippen molar-refractivity contribution in [3.8, 4) is 5.75 Å². The van der Waals surface area contributed by atoms with Crippen molar-refractivity contribution in [2.24, 2.45) is 0 Å². The predicted octanol–water partition coefficient (Wildman–Crippen LogP) is 5.07. The highest BCUT2D eigenvalue weighted by Gasteiger charge is 2.31. The molecule has 3 rings (SSSR count). The van der Waals surface area contributed by atoms with Crippen molar-refractivity contribution in [2.75, 3.05) is 24.2 Å². The van der Waals surface area contributed by atoms with Gasteiger partial charge in [0.25, 0.3) is 0 Å². The molecule has 1 aliphatic rings. The number of carbonyl (C=O) groups is 2. The molecule has 0 unspecified atom stereocenters. The number of hydrogen-bond donors (Lipinski definition) is 1. The standard InChI is InChI=1S/C29H40ClN3O5S/c1-5-26(29(35)31-24-9-6-7-10-24)32(20-22-13-16-25(38-3)17-14-22)28(34)11-8-18-33(39(4,36)37)27-19-23(30)15-12-21(27)2/h12-17,19,24,26H,5-11,18,20H2,1-4H3,(H,31,35)/t26-/m1/s1. The normalized spacial score (nSPS) is 14.6. The zero-order valence-corrected chi connectivity index (χ0v) is 24.9. The molecule has 0 aliphatic heterocycles. The third-order valence-electron chi connectivity index (χ3n) is 7.19. The van der Waals surface area contributed by atoms with Gasteiger partial charge in [0, 0.05) is 30.6 Å². The smallest absolute Gasteiger partial charge is 0.243 e. The molecule has 0 spiro atoms. The van der Waals surface area contributed by atoms with E-state index in [1.807, 2.05) is 38.1 Å². The van der Waals surface area contributed by atoms with Crippen molar-refractivity contribution in [3.63, 3.8) is 0 Å². The van der Waals surface area contributed by atoms with E-state index in [0.717, 1.165) is 43.1 Å². The first-order valence-electron chi connectivity index (χ1n) is 13.5. The SMILES string of the molecule is CC[C@H](C(=O)NC1CCCC1)N(Cc1ccc(OC)cc1)C(=O)CCCN(c1cc(Cl)ccc1C)S(C)(=O)=O. The van der Waals surface area contributed by atoms with Crippen LogP contribution in [0, 0.1) is 6.92 Å². The summed E-state index contributed by atoms with van der Waals surface area (Å²) in [5.74, 6) is 0.369. The average molecular weight is 578 g/mol. The Bertz CT molecular complexity index is 1230. The summed E-state index contributed by atoms with van der Waals surface area (Å²) < 4.78 is 31.8. The van der Waals surface area contributed by atoms with Gasteiger partial charge in [0.1, 0.15) is 11.8 Å². The molecule has 39 heavy (non-hydrogen) atoms. The van der Waals surface area contributed by atoms with Gasteiger partial charge in [0.2, 0.25) is 21.8 Å². The molecule has 1 aliphatic carbocycles. The lowest BCUT2D eigenvalue weighted by Crippen LogP contribution is -2.51. The molecule has 214 valence electrons. The summed E-state index contributed by atoms with van der Waals surface area (Å²) in [6, 6.07) is 12.0. The summed E-state index contributed by atoms with van der Waals surface area (Å²) in [6.07, 6.45) is 6.10. The molecule has 0 bridgehead atoms. The van der Waals surface area contributed by atoms with Crippen molar-refractivity contribution < 1.29 is 22.7 Å². The molecule has 1 atom stereocenters. The fraction of sp³-hybridized carbons (Fsp3) is 0.517. The summed E-state index contributed by atoms with van der Waals surface area (Å²) in [7, 11) is -2.01. The van der Waals surface area contributed by atoms with Crippen molar-refractivity contribution in [1.29, 1.82) is 0 Å². The number of nitrogens with zero attached hydrogens (tertiary/aromatic N) is 2. The van der Waals surface area contributed by atoms with Crippen LogP contribution in [0.3, 0.4) is 0 Å². The van der Waals surface area contributed by atoms with Crippen LogP contribution >= 0.6 is 11.6 Å². The Morgan fingerprint density at radius 3 is 2.38 bits per heavy atom. The van der Waals surface area contributed by atoms with Gasteiger partial charge in [-0.1, -0.05) is 49.6 Å². The number of anilines is 1. The highest BCUT2D eigenvalue weighted by molar-refractivity contribution is 7.92. The quantitative estimate of drug-likeness (QED) is 0.358. The number of halogens is 1. The van der Waals surface area contributed by atoms with Crippen LogP contribution < -0.4 is 14.4 Å². The molecule has 0 radical (unpaired) electrons. The number of nitrogens with one attached hydrogen (secondary N) is 1. The Kier molecular flexibility index (Phi) is 11.1. The van der Waals surface area contributed by atoms with Crippen molar-refractivity contribution >= 4 is 39.1 Å². The molecule has 1 fully saturated rings. The molecular weight excluding hydrogens is 538 g/mol. The zero-order chi connectivity index (χ0) is 28.6. The molecule has 1 N–H and O–H groups in total. The highest BCUT2D eigenvalue weighted by atomic mass is 35.5. The fourth-order valence-electron chi connectivity index (χ4n) is 5.05. The molecule has 2 amide bonds. The highest BCUT2D eigenvalue weighted by Crippen LogP contribution is 2.27. The molecule has 0 saturated heterocycles. The first-order valence-corrected chi connectivity index (χ1v) is 15.7. The third-order valence-corrected chi connectivity index (χ3v) is 8.61. The third kappa shape index (κ3) is 8.60. The van der Waals surface area contributed by atoms with Gasteiger partial charge < -0.3 is 15.0 Å². The van der Waals surface area contributed by atoms with Crippen LogP contribution in [0.2, 0.25) is 5.02 Å². The Balaban J connectivity index is 1.78. The number of hydrogen-bond acceptors (Lipinski definition) is 5. The Morgan fingerprint density at radius 1 is 1.13 bits per heavy atom. The van der Waals surface area contributed by atoms with Gasteiger partial charge in [-0.25, -0.2) is 8.42 Å². The van der Waals surface area contributed by atoms with E-state index in [1.165, 1.54) is 4.31 Å². The van der Waals surface area contributed by atoms with Gasteiger partial charge in [0.15, 0.2) is 0 Å². The van der Waals surface area contributed by atoms with E-state index in [4.69, 9.17) is 16.3 Å². The fourth-order valence-corrected chi connectivity index (χ4v) is 6.23. The summed E-state index contributed by atoms with van der Waals surface area (Å²) in [6.45, 7) is 4.11. The van der Waals surface area contributed by atoms with E-state index in [2.05, 4.69) is 5.32 Å². The number of methoxy groups -OCH3 is 1. The van der Waals surface area contributed by atoms with Gasteiger partial charge in [-0.05, 0) is 68.0 Å². The number of ether oxygens (including phenoxy) is 1. The summed E-state index contributed by atoms with van der Waals surface area (Å²) in [4.78, 5) is 28.6. The molecule has 0 heterocycles. The van der Waals surface area contributed by atoms with E-state index in [9.17, 15) is 18.0 Å². The first kappa shape index (κ1) is 30.8. The van der Waals surface area contributed by atoms with Crippen LogP contribution in [-0.4, -0.2) is 57.1 Å².